The highest BCUT2D eigenvalue weighted by Crippen LogP contribution is 2.25. The minimum absolute atomic E-state index is 1.62. The maximum Gasteiger partial charge on any atom is 0.252 e. The number of carbonyl (C=O) groups excluding carboxylic acids is 1. The Morgan fingerprint density at radius 3 is 1.42 bits per heavy atom. The number of nitrogens with zero attached hydrogens (tertiary/aromatic N) is 1. The van der Waals surface area contributed by atoms with Crippen LogP contribution in [0.2, 0.25) is 0 Å². The van der Waals surface area contributed by atoms with Gasteiger partial charge in [0.25, 0.3) is 11.9 Å². The van der Waals surface area contributed by atoms with Gasteiger partial charge in [0, 0.05) is 12.0 Å². The molecule has 0 aliphatic heterocycles. The van der Waals surface area contributed by atoms with Crippen LogP contribution in [0.4, 0.5) is 39.5 Å². The van der Waals surface area contributed by atoms with E-state index in [-0.39, 0.29) is 0 Å². The van der Waals surface area contributed by atoms with Crippen molar-refractivity contribution in [3.05, 3.63) is 63.7 Å². The second-order valence-electron chi connectivity index (χ2n) is 4.34. The van der Waals surface area contributed by atoms with E-state index in [1.807, 2.05) is 0 Å². The molecule has 1 aromatic carbocycles. The Bertz CT molecular complexity index is 810. The summed E-state index contributed by atoms with van der Waals surface area (Å²) in [6.07, 6.45) is -1.72. The summed E-state index contributed by atoms with van der Waals surface area (Å²) in [5.41, 5.74) is -3.61. The van der Waals surface area contributed by atoms with Gasteiger partial charge in [0.2, 0.25) is 5.82 Å². The molecule has 24 heavy (non-hydrogen) atoms. The molecule has 0 bridgehead atoms. The molecule has 2 aromatic rings. The molecule has 0 radical (unpaired) electrons. The lowest BCUT2D eigenvalue weighted by molar-refractivity contribution is 0.0978. The maximum absolute atomic E-state index is 13.4. The van der Waals surface area contributed by atoms with E-state index < -0.39 is 75.9 Å². The van der Waals surface area contributed by atoms with Gasteiger partial charge in [0.05, 0.1) is 5.56 Å². The van der Waals surface area contributed by atoms with Gasteiger partial charge >= 0.3 is 0 Å². The molecule has 0 saturated carbocycles. The summed E-state index contributed by atoms with van der Waals surface area (Å²) < 4.78 is 118. The average molecular weight is 359 g/mol. The zero-order valence-corrected chi connectivity index (χ0v) is 11.0. The van der Waals surface area contributed by atoms with Crippen molar-refractivity contribution in [3.63, 3.8) is 0 Å². The summed E-state index contributed by atoms with van der Waals surface area (Å²) >= 11 is 0. The van der Waals surface area contributed by atoms with E-state index in [4.69, 9.17) is 0 Å². The topological polar surface area (TPSA) is 30.0 Å². The predicted octanol–water partition coefficient (Wildman–Crippen LogP) is 3.76. The van der Waals surface area contributed by atoms with Gasteiger partial charge in [-0.3, -0.25) is 4.79 Å². The lowest BCUT2D eigenvalue weighted by Gasteiger charge is -2.09. The average Bonchev–Trinajstić information content (AvgIpc) is 2.53. The molecule has 2 rings (SSSR count). The first-order valence-electron chi connectivity index (χ1n) is 5.81. The molecule has 0 unspecified atom stereocenters. The van der Waals surface area contributed by atoms with Crippen LogP contribution in [0.15, 0.2) is 0 Å². The van der Waals surface area contributed by atoms with E-state index in [1.165, 1.54) is 0 Å². The fourth-order valence-electron chi connectivity index (χ4n) is 1.78. The summed E-state index contributed by atoms with van der Waals surface area (Å²) in [5.74, 6) is -23.2. The Morgan fingerprint density at radius 2 is 1.00 bits per heavy atom. The largest absolute Gasteiger partial charge is 0.294 e. The van der Waals surface area contributed by atoms with E-state index >= 15 is 0 Å². The van der Waals surface area contributed by atoms with Crippen molar-refractivity contribution in [2.45, 2.75) is 6.42 Å². The van der Waals surface area contributed by atoms with Crippen LogP contribution in [-0.4, -0.2) is 10.8 Å². The number of carbonyl (C=O) groups is 1. The molecule has 1 heterocycles. The molecule has 128 valence electrons. The van der Waals surface area contributed by atoms with Gasteiger partial charge in [-0.25, -0.2) is 30.7 Å². The van der Waals surface area contributed by atoms with Gasteiger partial charge in [-0.15, -0.1) is 0 Å². The minimum atomic E-state index is -2.56. The normalized spacial score (nSPS) is 11.0. The summed E-state index contributed by atoms with van der Waals surface area (Å²) in [7, 11) is 0. The Balaban J connectivity index is 2.58. The fraction of sp³-hybridized carbons (Fsp3) is 0.0769. The Hall–Kier alpha value is -2.59. The Kier molecular flexibility index (Phi) is 4.54. The molecule has 0 amide bonds. The molecule has 0 fully saturated rings. The quantitative estimate of drug-likeness (QED) is 0.275. The molecule has 0 saturated heterocycles. The monoisotopic (exact) mass is 359 g/mol. The highest BCUT2D eigenvalue weighted by atomic mass is 19.2. The fourth-order valence-corrected chi connectivity index (χ4v) is 1.78. The van der Waals surface area contributed by atoms with Crippen molar-refractivity contribution in [2.75, 3.05) is 0 Å². The van der Waals surface area contributed by atoms with Crippen LogP contribution in [0.1, 0.15) is 15.9 Å². The summed E-state index contributed by atoms with van der Waals surface area (Å²) in [6, 6.07) is 0. The van der Waals surface area contributed by atoms with E-state index in [9.17, 15) is 44.3 Å². The second kappa shape index (κ2) is 6.13. The third kappa shape index (κ3) is 2.69. The third-order valence-electron chi connectivity index (χ3n) is 2.91. The minimum Gasteiger partial charge on any atom is -0.294 e. The van der Waals surface area contributed by atoms with E-state index in [0.717, 1.165) is 0 Å². The van der Waals surface area contributed by atoms with Gasteiger partial charge in [-0.2, -0.15) is 13.8 Å². The summed E-state index contributed by atoms with van der Waals surface area (Å²) in [6.45, 7) is 0. The summed E-state index contributed by atoms with van der Waals surface area (Å²) in [5, 5.41) is 0. The van der Waals surface area contributed by atoms with E-state index in [1.54, 1.807) is 0 Å². The van der Waals surface area contributed by atoms with Crippen molar-refractivity contribution >= 4 is 5.78 Å². The number of aromatic nitrogens is 1. The van der Waals surface area contributed by atoms with Crippen LogP contribution in [0, 0.1) is 52.6 Å². The molecule has 0 N–H and O–H groups in total. The van der Waals surface area contributed by atoms with Crippen molar-refractivity contribution in [3.8, 4) is 0 Å². The van der Waals surface area contributed by atoms with E-state index in [2.05, 4.69) is 4.98 Å². The van der Waals surface area contributed by atoms with Crippen LogP contribution in [-0.2, 0) is 6.42 Å². The van der Waals surface area contributed by atoms with Crippen LogP contribution >= 0.6 is 0 Å². The maximum atomic E-state index is 13.4. The van der Waals surface area contributed by atoms with Crippen LogP contribution < -0.4 is 0 Å². The molecule has 2 nitrogen and oxygen atoms in total. The van der Waals surface area contributed by atoms with Gasteiger partial charge in [0.15, 0.2) is 40.7 Å². The number of hydrogen-bond donors (Lipinski definition) is 0. The number of ketones is 1. The third-order valence-corrected chi connectivity index (χ3v) is 2.91. The van der Waals surface area contributed by atoms with Crippen molar-refractivity contribution < 1.29 is 44.3 Å². The van der Waals surface area contributed by atoms with Gasteiger partial charge in [-0.1, -0.05) is 0 Å². The molecule has 0 aliphatic carbocycles. The highest BCUT2D eigenvalue weighted by Gasteiger charge is 2.31. The van der Waals surface area contributed by atoms with Crippen molar-refractivity contribution in [1.82, 2.24) is 4.98 Å². The molecular formula is C13H2F9NO. The molecular weight excluding hydrogens is 357 g/mol. The molecule has 0 aliphatic rings. The molecule has 0 atom stereocenters. The number of pyridine rings is 1. The Labute approximate surface area is 126 Å². The van der Waals surface area contributed by atoms with Gasteiger partial charge < -0.3 is 0 Å². The number of Topliss-reactive ketones (excluding diaryl/α,β-unsaturated/α-hetero) is 1. The molecule has 11 heteroatoms. The zero-order valence-electron chi connectivity index (χ0n) is 11.0. The van der Waals surface area contributed by atoms with Crippen LogP contribution in [0.3, 0.4) is 0 Å². The second-order valence-corrected chi connectivity index (χ2v) is 4.34. The smallest absolute Gasteiger partial charge is 0.252 e. The molecule has 0 spiro atoms. The lowest BCUT2D eigenvalue weighted by Crippen LogP contribution is -2.17. The number of rotatable bonds is 3. The van der Waals surface area contributed by atoms with Gasteiger partial charge in [0.1, 0.15) is 0 Å². The SMILES string of the molecule is O=C(Cc1c(F)c(F)nc(F)c1F)c1c(F)c(F)c(F)c(F)c1F. The van der Waals surface area contributed by atoms with Crippen molar-refractivity contribution in [1.29, 1.82) is 0 Å². The number of benzene rings is 1. The molecule has 1 aromatic heterocycles. The summed E-state index contributed by atoms with van der Waals surface area (Å²) in [4.78, 5) is 13.8. The highest BCUT2D eigenvalue weighted by molar-refractivity contribution is 5.98. The van der Waals surface area contributed by atoms with Crippen LogP contribution in [0.25, 0.3) is 0 Å². The van der Waals surface area contributed by atoms with Gasteiger partial charge in [-0.05, 0) is 0 Å². The van der Waals surface area contributed by atoms with Crippen molar-refractivity contribution in [2.24, 2.45) is 0 Å². The van der Waals surface area contributed by atoms with Crippen LogP contribution in [0.5, 0.6) is 0 Å². The van der Waals surface area contributed by atoms with E-state index in [0.29, 0.717) is 0 Å². The zero-order chi connectivity index (χ0) is 18.3. The predicted molar refractivity (Wildman–Crippen MR) is 58.3 cm³/mol. The number of halogens is 9. The first-order valence-corrected chi connectivity index (χ1v) is 5.81. The number of hydrogen-bond acceptors (Lipinski definition) is 2. The first-order chi connectivity index (χ1) is 11.1. The standard InChI is InChI=1S/C13H2F9NO/c14-5-2(6(15)13(22)23-12(5)21)1-3(24)4-7(16)9(18)11(20)10(19)8(4)17/h1H2. The Morgan fingerprint density at radius 1 is 0.625 bits per heavy atom. The lowest BCUT2D eigenvalue weighted by atomic mass is 10.0. The first kappa shape index (κ1) is 17.8.